The third kappa shape index (κ3) is 4.06. The van der Waals surface area contributed by atoms with E-state index in [1.165, 1.54) is 12.1 Å². The van der Waals surface area contributed by atoms with E-state index < -0.39 is 17.7 Å². The first-order valence-electron chi connectivity index (χ1n) is 9.30. The summed E-state index contributed by atoms with van der Waals surface area (Å²) in [5, 5.41) is 3.54. The van der Waals surface area contributed by atoms with Crippen molar-refractivity contribution < 1.29 is 28.2 Å². The fraction of sp³-hybridized carbons (Fsp3) is 0.333. The van der Waals surface area contributed by atoms with Gasteiger partial charge in [0.15, 0.2) is 0 Å². The van der Waals surface area contributed by atoms with Gasteiger partial charge in [-0.2, -0.15) is 0 Å². The van der Waals surface area contributed by atoms with Crippen molar-refractivity contribution in [2.45, 2.75) is 31.7 Å². The molecule has 1 spiro atoms. The fourth-order valence-corrected chi connectivity index (χ4v) is 3.77. The molecule has 0 amide bonds. The second-order valence-corrected chi connectivity index (χ2v) is 7.35. The molecule has 0 atom stereocenters. The first-order valence-corrected chi connectivity index (χ1v) is 9.68. The third-order valence-electron chi connectivity index (χ3n) is 4.92. The summed E-state index contributed by atoms with van der Waals surface area (Å²) in [6.45, 7) is 0.865. The number of hydrogen-bond donors (Lipinski definition) is 1. The summed E-state index contributed by atoms with van der Waals surface area (Å²) in [5.74, 6) is -2.48. The maximum atomic E-state index is 13.1. The van der Waals surface area contributed by atoms with Gasteiger partial charge in [0.05, 0.1) is 24.4 Å². The molecule has 0 bridgehead atoms. The minimum atomic E-state index is -1.56. The molecule has 1 fully saturated rings. The number of nitrogens with one attached hydrogen (secondary N) is 1. The van der Waals surface area contributed by atoms with E-state index >= 15 is 0 Å². The second kappa shape index (κ2) is 8.00. The van der Waals surface area contributed by atoms with Crippen LogP contribution in [0.15, 0.2) is 36.4 Å². The molecule has 2 aromatic carbocycles. The van der Waals surface area contributed by atoms with E-state index in [-0.39, 0.29) is 31.8 Å². The van der Waals surface area contributed by atoms with Gasteiger partial charge in [-0.15, -0.1) is 0 Å². The van der Waals surface area contributed by atoms with Gasteiger partial charge in [-0.1, -0.05) is 23.7 Å². The van der Waals surface area contributed by atoms with E-state index in [4.69, 9.17) is 25.8 Å². The number of carbonyl (C=O) groups excluding carboxylic acids is 2. The molecular formula is C21H19ClFNO5. The zero-order chi connectivity index (χ0) is 20.4. The highest BCUT2D eigenvalue weighted by molar-refractivity contribution is 6.32. The number of hydrogen-bond acceptors (Lipinski definition) is 6. The highest BCUT2D eigenvalue weighted by Gasteiger charge is 2.46. The van der Waals surface area contributed by atoms with Crippen molar-refractivity contribution in [2.24, 2.45) is 0 Å². The van der Waals surface area contributed by atoms with E-state index in [1.54, 1.807) is 24.3 Å². The number of esters is 2. The summed E-state index contributed by atoms with van der Waals surface area (Å²) in [6.07, 6.45) is 0.473. The molecule has 2 aromatic rings. The Kier molecular flexibility index (Phi) is 5.43. The molecule has 0 aliphatic carbocycles. The molecule has 29 heavy (non-hydrogen) atoms. The van der Waals surface area contributed by atoms with Crippen LogP contribution in [0.2, 0.25) is 5.02 Å². The van der Waals surface area contributed by atoms with Crippen molar-refractivity contribution in [1.29, 1.82) is 0 Å². The van der Waals surface area contributed by atoms with Crippen molar-refractivity contribution in [3.05, 3.63) is 63.9 Å². The molecule has 4 rings (SSSR count). The van der Waals surface area contributed by atoms with E-state index in [1.807, 2.05) is 0 Å². The van der Waals surface area contributed by atoms with Crippen LogP contribution in [0.1, 0.15) is 29.5 Å². The van der Waals surface area contributed by atoms with Gasteiger partial charge >= 0.3 is 11.9 Å². The Labute approximate surface area is 171 Å². The van der Waals surface area contributed by atoms with E-state index in [9.17, 15) is 14.0 Å². The van der Waals surface area contributed by atoms with Crippen LogP contribution in [-0.2, 0) is 37.9 Å². The van der Waals surface area contributed by atoms with Gasteiger partial charge in [-0.3, -0.25) is 9.59 Å². The Hall–Kier alpha value is -2.64. The quantitative estimate of drug-likeness (QED) is 0.770. The number of fused-ring (bicyclic) bond motifs is 2. The lowest BCUT2D eigenvalue weighted by atomic mass is 9.97. The Bertz CT molecular complexity index is 929. The van der Waals surface area contributed by atoms with Gasteiger partial charge in [0.1, 0.15) is 18.2 Å². The van der Waals surface area contributed by atoms with E-state index in [0.29, 0.717) is 34.9 Å². The summed E-state index contributed by atoms with van der Waals surface area (Å²) in [4.78, 5) is 24.3. The number of benzene rings is 2. The molecule has 2 aliphatic heterocycles. The Morgan fingerprint density at radius 1 is 1.03 bits per heavy atom. The number of halogens is 2. The Morgan fingerprint density at radius 2 is 1.72 bits per heavy atom. The van der Waals surface area contributed by atoms with Gasteiger partial charge in [0.2, 0.25) is 0 Å². The van der Waals surface area contributed by atoms with Crippen LogP contribution >= 0.6 is 11.6 Å². The van der Waals surface area contributed by atoms with Crippen LogP contribution in [0.25, 0.3) is 0 Å². The summed E-state index contributed by atoms with van der Waals surface area (Å²) in [5.41, 5.74) is 2.01. The van der Waals surface area contributed by atoms with Crippen LogP contribution in [0.5, 0.6) is 5.75 Å². The SMILES string of the molecule is O=C1CCC(=O)OC2(CNCCc3c2ccc(Cl)c3OCc2ccc(F)cc2)O1. The first-order chi connectivity index (χ1) is 14.0. The maximum Gasteiger partial charge on any atom is 0.309 e. The topological polar surface area (TPSA) is 73.9 Å². The average molecular weight is 420 g/mol. The second-order valence-electron chi connectivity index (χ2n) is 6.95. The average Bonchev–Trinajstić information content (AvgIpc) is 2.95. The smallest absolute Gasteiger partial charge is 0.309 e. The highest BCUT2D eigenvalue weighted by atomic mass is 35.5. The Balaban J connectivity index is 1.72. The summed E-state index contributed by atoms with van der Waals surface area (Å²) in [6, 6.07) is 9.29. The lowest BCUT2D eigenvalue weighted by Crippen LogP contribution is -2.43. The summed E-state index contributed by atoms with van der Waals surface area (Å²) < 4.78 is 30.3. The summed E-state index contributed by atoms with van der Waals surface area (Å²) >= 11 is 6.40. The number of rotatable bonds is 3. The monoisotopic (exact) mass is 419 g/mol. The molecule has 2 aliphatic rings. The minimum absolute atomic E-state index is 0.0303. The normalized spacial score (nSPS) is 18.3. The maximum absolute atomic E-state index is 13.1. The number of ether oxygens (including phenoxy) is 3. The molecule has 152 valence electrons. The van der Waals surface area contributed by atoms with Gasteiger partial charge in [0, 0.05) is 11.1 Å². The molecule has 2 heterocycles. The van der Waals surface area contributed by atoms with Gasteiger partial charge in [-0.05, 0) is 42.8 Å². The highest BCUT2D eigenvalue weighted by Crippen LogP contribution is 2.41. The first kappa shape index (κ1) is 19.7. The number of carbonyl (C=O) groups is 2. The third-order valence-corrected chi connectivity index (χ3v) is 5.22. The predicted molar refractivity (Wildman–Crippen MR) is 102 cm³/mol. The predicted octanol–water partition coefficient (Wildman–Crippen LogP) is 3.24. The molecule has 1 saturated heterocycles. The van der Waals surface area contributed by atoms with Crippen LogP contribution in [-0.4, -0.2) is 25.0 Å². The molecule has 6 nitrogen and oxygen atoms in total. The summed E-state index contributed by atoms with van der Waals surface area (Å²) in [7, 11) is 0. The van der Waals surface area contributed by atoms with Crippen LogP contribution < -0.4 is 10.1 Å². The molecule has 1 N–H and O–H groups in total. The molecule has 0 unspecified atom stereocenters. The van der Waals surface area contributed by atoms with Crippen molar-refractivity contribution in [3.63, 3.8) is 0 Å². The zero-order valence-corrected chi connectivity index (χ0v) is 16.3. The van der Waals surface area contributed by atoms with E-state index in [2.05, 4.69) is 5.32 Å². The van der Waals surface area contributed by atoms with Crippen molar-refractivity contribution in [2.75, 3.05) is 13.1 Å². The standard InChI is InChI=1S/C21H19ClFNO5/c22-17-6-5-16-15(20(17)27-11-13-1-3-14(23)4-2-13)9-10-24-12-21(16)28-18(25)7-8-19(26)29-21/h1-6,24H,7-12H2. The molecular weight excluding hydrogens is 401 g/mol. The van der Waals surface area contributed by atoms with Crippen molar-refractivity contribution >= 4 is 23.5 Å². The fourth-order valence-electron chi connectivity index (χ4n) is 3.53. The molecule has 8 heteroatoms. The molecule has 0 radical (unpaired) electrons. The van der Waals surface area contributed by atoms with E-state index in [0.717, 1.165) is 5.56 Å². The van der Waals surface area contributed by atoms with Crippen LogP contribution in [0.3, 0.4) is 0 Å². The lowest BCUT2D eigenvalue weighted by Gasteiger charge is -2.32. The van der Waals surface area contributed by atoms with Crippen LogP contribution in [0.4, 0.5) is 4.39 Å². The van der Waals surface area contributed by atoms with Gasteiger partial charge < -0.3 is 19.5 Å². The zero-order valence-electron chi connectivity index (χ0n) is 15.5. The molecule has 0 aromatic heterocycles. The van der Waals surface area contributed by atoms with Gasteiger partial charge in [0.25, 0.3) is 5.79 Å². The van der Waals surface area contributed by atoms with Gasteiger partial charge in [-0.25, -0.2) is 4.39 Å². The van der Waals surface area contributed by atoms with Crippen molar-refractivity contribution in [3.8, 4) is 5.75 Å². The molecule has 0 saturated carbocycles. The largest absolute Gasteiger partial charge is 0.487 e. The lowest BCUT2D eigenvalue weighted by molar-refractivity contribution is -0.225. The Morgan fingerprint density at radius 3 is 2.41 bits per heavy atom. The van der Waals surface area contributed by atoms with Crippen molar-refractivity contribution in [1.82, 2.24) is 5.32 Å². The van der Waals surface area contributed by atoms with Crippen LogP contribution in [0, 0.1) is 5.82 Å². The minimum Gasteiger partial charge on any atom is -0.487 e.